The van der Waals surface area contributed by atoms with Gasteiger partial charge < -0.3 is 20.7 Å². The van der Waals surface area contributed by atoms with Gasteiger partial charge in [0.05, 0.1) is 31.6 Å². The number of nitrogens with zero attached hydrogens (tertiary/aromatic N) is 4. The molecule has 0 spiro atoms. The summed E-state index contributed by atoms with van der Waals surface area (Å²) in [6, 6.07) is 16.8. The van der Waals surface area contributed by atoms with Crippen LogP contribution in [0.3, 0.4) is 0 Å². The zero-order chi connectivity index (χ0) is 32.9. The minimum Gasteiger partial charge on any atom is -0.497 e. The number of primary amides is 1. The second kappa shape index (κ2) is 12.1. The molecule has 1 aliphatic rings. The molecule has 46 heavy (non-hydrogen) atoms. The van der Waals surface area contributed by atoms with Crippen molar-refractivity contribution in [2.24, 2.45) is 12.8 Å². The Labute approximate surface area is 275 Å². The standard InChI is InChI=1S/C33H30FIN6O5/c1-18-29(37-22-8-6-20-12-13-39(17-27(36)42)26(20)15-22)28-30(38(2)31(18)43)41(25-11-7-21(35)14-24(25)34)33(45)40(32(28)44)16-19-4-9-23(46-3)10-5-19/h4-11,14-15,37H,12-13,16-17H2,1-3H3,(H2,36,42). The number of methoxy groups -OCH3 is 1. The third-order valence-electron chi connectivity index (χ3n) is 8.23. The first-order valence-electron chi connectivity index (χ1n) is 14.4. The van der Waals surface area contributed by atoms with Crippen molar-refractivity contribution in [1.29, 1.82) is 0 Å². The van der Waals surface area contributed by atoms with Crippen LogP contribution in [0.4, 0.5) is 21.5 Å². The second-order valence-electron chi connectivity index (χ2n) is 11.1. The Balaban J connectivity index is 1.63. The van der Waals surface area contributed by atoms with Crippen LogP contribution in [0.25, 0.3) is 16.7 Å². The number of hydrogen-bond donors (Lipinski definition) is 2. The van der Waals surface area contributed by atoms with Gasteiger partial charge in [0.25, 0.3) is 11.1 Å². The number of halogens is 2. The molecule has 0 fully saturated rings. The molecule has 236 valence electrons. The molecule has 2 aromatic heterocycles. The van der Waals surface area contributed by atoms with Crippen LogP contribution in [0.2, 0.25) is 0 Å². The minimum absolute atomic E-state index is 0.0279. The zero-order valence-corrected chi connectivity index (χ0v) is 27.4. The molecule has 3 heterocycles. The smallest absolute Gasteiger partial charge is 0.337 e. The third-order valence-corrected chi connectivity index (χ3v) is 8.90. The number of carbonyl (C=O) groups is 1. The van der Waals surface area contributed by atoms with E-state index in [9.17, 15) is 19.2 Å². The first kappa shape index (κ1) is 31.1. The van der Waals surface area contributed by atoms with Gasteiger partial charge in [0.15, 0.2) is 0 Å². The summed E-state index contributed by atoms with van der Waals surface area (Å²) in [4.78, 5) is 55.8. The fourth-order valence-corrected chi connectivity index (χ4v) is 6.38. The topological polar surface area (TPSA) is 134 Å². The quantitative estimate of drug-likeness (QED) is 0.233. The third kappa shape index (κ3) is 5.44. The second-order valence-corrected chi connectivity index (χ2v) is 12.4. The number of aryl methyl sites for hydroxylation is 1. The van der Waals surface area contributed by atoms with Gasteiger partial charge in [0.1, 0.15) is 22.6 Å². The van der Waals surface area contributed by atoms with Gasteiger partial charge in [-0.05, 0) is 89.5 Å². The number of anilines is 3. The van der Waals surface area contributed by atoms with Crippen LogP contribution in [0, 0.1) is 16.3 Å². The van der Waals surface area contributed by atoms with Crippen molar-refractivity contribution in [1.82, 2.24) is 13.7 Å². The monoisotopic (exact) mass is 736 g/mol. The number of carbonyl (C=O) groups excluding carboxylic acids is 1. The highest BCUT2D eigenvalue weighted by atomic mass is 127. The molecule has 3 N–H and O–H groups in total. The summed E-state index contributed by atoms with van der Waals surface area (Å²) < 4.78 is 24.8. The molecule has 1 amide bonds. The molecule has 0 saturated heterocycles. The van der Waals surface area contributed by atoms with Crippen LogP contribution < -0.4 is 37.5 Å². The fraction of sp³-hybridized carbons (Fsp3) is 0.212. The summed E-state index contributed by atoms with van der Waals surface area (Å²) in [7, 11) is 2.99. The highest BCUT2D eigenvalue weighted by Gasteiger charge is 2.26. The molecule has 13 heteroatoms. The van der Waals surface area contributed by atoms with Gasteiger partial charge in [0, 0.05) is 34.1 Å². The lowest BCUT2D eigenvalue weighted by Gasteiger charge is -2.22. The van der Waals surface area contributed by atoms with E-state index in [0.29, 0.717) is 27.1 Å². The van der Waals surface area contributed by atoms with Crippen LogP contribution in [0.1, 0.15) is 16.7 Å². The van der Waals surface area contributed by atoms with Crippen LogP contribution in [0.5, 0.6) is 5.75 Å². The molecule has 11 nitrogen and oxygen atoms in total. The number of fused-ring (bicyclic) bond motifs is 2. The van der Waals surface area contributed by atoms with Crippen molar-refractivity contribution >= 4 is 56.6 Å². The van der Waals surface area contributed by atoms with Gasteiger partial charge in [-0.3, -0.25) is 23.5 Å². The Morgan fingerprint density at radius 1 is 1.02 bits per heavy atom. The normalized spacial score (nSPS) is 12.4. The largest absolute Gasteiger partial charge is 0.497 e. The predicted molar refractivity (Wildman–Crippen MR) is 183 cm³/mol. The number of ether oxygens (including phenoxy) is 1. The summed E-state index contributed by atoms with van der Waals surface area (Å²) in [5.41, 5.74) is 6.80. The number of hydrogen-bond acceptors (Lipinski definition) is 7. The summed E-state index contributed by atoms with van der Waals surface area (Å²) in [5, 5.41) is 3.29. The molecule has 0 unspecified atom stereocenters. The molecule has 0 atom stereocenters. The van der Waals surface area contributed by atoms with Crippen LogP contribution in [0.15, 0.2) is 75.0 Å². The van der Waals surface area contributed by atoms with Crippen molar-refractivity contribution in [3.8, 4) is 11.4 Å². The first-order valence-corrected chi connectivity index (χ1v) is 15.5. The number of aromatic nitrogens is 3. The fourth-order valence-electron chi connectivity index (χ4n) is 5.93. The number of nitrogens with one attached hydrogen (secondary N) is 1. The van der Waals surface area contributed by atoms with E-state index in [4.69, 9.17) is 10.5 Å². The average Bonchev–Trinajstić information content (AvgIpc) is 3.42. The molecular weight excluding hydrogens is 706 g/mol. The molecule has 0 bridgehead atoms. The highest BCUT2D eigenvalue weighted by Crippen LogP contribution is 2.33. The maximum absolute atomic E-state index is 15.6. The Kier molecular flexibility index (Phi) is 8.19. The van der Waals surface area contributed by atoms with Gasteiger partial charge in [-0.1, -0.05) is 18.2 Å². The number of benzene rings is 3. The number of rotatable bonds is 8. The van der Waals surface area contributed by atoms with E-state index in [1.54, 1.807) is 37.3 Å². The van der Waals surface area contributed by atoms with E-state index in [1.807, 2.05) is 45.7 Å². The van der Waals surface area contributed by atoms with Crippen molar-refractivity contribution in [3.05, 3.63) is 118 Å². The maximum atomic E-state index is 15.6. The van der Waals surface area contributed by atoms with Gasteiger partial charge in [-0.25, -0.2) is 13.8 Å². The number of amides is 1. The average molecular weight is 737 g/mol. The lowest BCUT2D eigenvalue weighted by molar-refractivity contribution is -0.116. The van der Waals surface area contributed by atoms with E-state index < -0.39 is 28.5 Å². The zero-order valence-electron chi connectivity index (χ0n) is 25.3. The van der Waals surface area contributed by atoms with Crippen LogP contribution >= 0.6 is 22.6 Å². The Bertz CT molecular complexity index is 2220. The van der Waals surface area contributed by atoms with Gasteiger partial charge >= 0.3 is 5.69 Å². The molecular formula is C33H30FIN6O5. The predicted octanol–water partition coefficient (Wildman–Crippen LogP) is 3.55. The molecule has 0 radical (unpaired) electrons. The highest BCUT2D eigenvalue weighted by molar-refractivity contribution is 14.1. The van der Waals surface area contributed by atoms with E-state index >= 15 is 4.39 Å². The maximum Gasteiger partial charge on any atom is 0.337 e. The lowest BCUT2D eigenvalue weighted by Crippen LogP contribution is -2.42. The molecule has 3 aromatic carbocycles. The van der Waals surface area contributed by atoms with Crippen molar-refractivity contribution in [2.45, 2.75) is 19.9 Å². The Hall–Kier alpha value is -4.92. The Morgan fingerprint density at radius 3 is 2.43 bits per heavy atom. The molecule has 0 saturated carbocycles. The van der Waals surface area contributed by atoms with Crippen LogP contribution in [-0.4, -0.2) is 39.8 Å². The minimum atomic E-state index is -0.808. The number of nitrogens with two attached hydrogens (primary N) is 1. The van der Waals surface area contributed by atoms with E-state index in [1.165, 1.54) is 30.9 Å². The molecule has 1 aliphatic heterocycles. The molecule has 0 aliphatic carbocycles. The summed E-state index contributed by atoms with van der Waals surface area (Å²) >= 11 is 1.97. The number of pyridine rings is 1. The van der Waals surface area contributed by atoms with E-state index in [-0.39, 0.29) is 41.1 Å². The Morgan fingerprint density at radius 2 is 1.76 bits per heavy atom. The van der Waals surface area contributed by atoms with Crippen molar-refractivity contribution < 1.29 is 13.9 Å². The lowest BCUT2D eigenvalue weighted by atomic mass is 10.1. The summed E-state index contributed by atoms with van der Waals surface area (Å²) in [6.45, 7) is 2.14. The summed E-state index contributed by atoms with van der Waals surface area (Å²) in [5.74, 6) is -0.549. The van der Waals surface area contributed by atoms with Crippen molar-refractivity contribution in [2.75, 3.05) is 30.4 Å². The summed E-state index contributed by atoms with van der Waals surface area (Å²) in [6.07, 6.45) is 0.737. The van der Waals surface area contributed by atoms with Gasteiger partial charge in [-0.2, -0.15) is 0 Å². The SMILES string of the molecule is COc1ccc(Cn2c(=O)c3c(Nc4ccc5c(c4)N(CC(N)=O)CC5)c(C)c(=O)n(C)c3n(-c3ccc(I)cc3F)c2=O)cc1. The first-order chi connectivity index (χ1) is 22.0. The molecule has 6 rings (SSSR count). The van der Waals surface area contributed by atoms with Gasteiger partial charge in [0.2, 0.25) is 5.91 Å². The molecule has 5 aromatic rings. The van der Waals surface area contributed by atoms with E-state index in [2.05, 4.69) is 5.32 Å². The van der Waals surface area contributed by atoms with Gasteiger partial charge in [-0.15, -0.1) is 0 Å². The van der Waals surface area contributed by atoms with E-state index in [0.717, 1.165) is 26.8 Å². The van der Waals surface area contributed by atoms with Crippen LogP contribution in [-0.2, 0) is 24.8 Å². The van der Waals surface area contributed by atoms with Crippen molar-refractivity contribution in [3.63, 3.8) is 0 Å².